The average molecular weight is 466 g/mol. The van der Waals surface area contributed by atoms with Crippen molar-refractivity contribution < 1.29 is 14.1 Å². The van der Waals surface area contributed by atoms with Gasteiger partial charge in [0.25, 0.3) is 0 Å². The molecule has 172 valence electrons. The van der Waals surface area contributed by atoms with Crippen molar-refractivity contribution >= 4 is 27.2 Å². The highest BCUT2D eigenvalue weighted by molar-refractivity contribution is 7.91. The van der Waals surface area contributed by atoms with Crippen molar-refractivity contribution in [1.29, 1.82) is 4.78 Å². The zero-order valence-corrected chi connectivity index (χ0v) is 19.6. The second-order valence-electron chi connectivity index (χ2n) is 7.38. The van der Waals surface area contributed by atoms with Gasteiger partial charge in [0.1, 0.15) is 11.6 Å². The molecule has 0 spiro atoms. The summed E-state index contributed by atoms with van der Waals surface area (Å²) in [5.41, 5.74) is 2.10. The number of aromatic nitrogens is 2. The summed E-state index contributed by atoms with van der Waals surface area (Å²) in [6.07, 6.45) is 2.99. The molecule has 0 saturated carbocycles. The molecule has 1 heterocycles. The highest BCUT2D eigenvalue weighted by Crippen LogP contribution is 2.20. The number of hydrogen-bond donors (Lipinski definition) is 4. The summed E-state index contributed by atoms with van der Waals surface area (Å²) in [6, 6.07) is 14.0. The number of aliphatic hydroxyl groups excluding tert-OH is 1. The van der Waals surface area contributed by atoms with Crippen molar-refractivity contribution in [3.05, 3.63) is 65.9 Å². The molecule has 0 saturated heterocycles. The summed E-state index contributed by atoms with van der Waals surface area (Å²) in [6.45, 7) is 4.31. The van der Waals surface area contributed by atoms with E-state index < -0.39 is 9.73 Å². The van der Waals surface area contributed by atoms with Gasteiger partial charge in [0.15, 0.2) is 0 Å². The fraction of sp³-hybridized carbons (Fsp3) is 0.250. The van der Waals surface area contributed by atoms with E-state index in [2.05, 4.69) is 32.4 Å². The van der Waals surface area contributed by atoms with Gasteiger partial charge in [-0.05, 0) is 62.4 Å². The lowest BCUT2D eigenvalue weighted by Gasteiger charge is -2.14. The van der Waals surface area contributed by atoms with E-state index in [1.54, 1.807) is 30.5 Å². The van der Waals surface area contributed by atoms with E-state index >= 15 is 0 Å². The van der Waals surface area contributed by atoms with Crippen LogP contribution in [0.4, 0.5) is 17.5 Å². The molecular formula is C24H27N5O3S. The molecule has 9 heteroatoms. The van der Waals surface area contributed by atoms with Gasteiger partial charge >= 0.3 is 0 Å². The Balaban J connectivity index is 1.85. The molecule has 0 aliphatic carbocycles. The number of hydrogen-bond acceptors (Lipinski definition) is 8. The Morgan fingerprint density at radius 2 is 1.85 bits per heavy atom. The highest BCUT2D eigenvalue weighted by atomic mass is 32.2. The van der Waals surface area contributed by atoms with E-state index in [1.165, 1.54) is 6.26 Å². The predicted octanol–water partition coefficient (Wildman–Crippen LogP) is 3.85. The van der Waals surface area contributed by atoms with Crippen molar-refractivity contribution in [2.75, 3.05) is 30.1 Å². The van der Waals surface area contributed by atoms with E-state index in [4.69, 9.17) is 9.52 Å². The standard InChI is InChI=1S/C24H27N5O3S/c1-4-32-21-11-6-18(7-12-21)5-8-19-15-26-24(29-23(19)27-17(2)16-30)28-20-9-13-22(14-10-20)33(3,25)31/h6-7,9-15,17,25,30H,4,16H2,1-3H3,(H2,26,27,28,29)/t17-,33?/m1/s1. The van der Waals surface area contributed by atoms with Crippen LogP contribution in [-0.2, 0) is 9.73 Å². The second kappa shape index (κ2) is 10.8. The van der Waals surface area contributed by atoms with Gasteiger partial charge in [-0.1, -0.05) is 11.8 Å². The van der Waals surface area contributed by atoms with Crippen LogP contribution in [0.15, 0.2) is 59.6 Å². The molecule has 0 bridgehead atoms. The van der Waals surface area contributed by atoms with Gasteiger partial charge in [-0.25, -0.2) is 14.0 Å². The SMILES string of the molecule is CCOc1ccc(C#Cc2cnc(Nc3ccc(S(C)(=N)=O)cc3)nc2N[C@H](C)CO)cc1. The van der Waals surface area contributed by atoms with E-state index in [1.807, 2.05) is 38.1 Å². The summed E-state index contributed by atoms with van der Waals surface area (Å²) < 4.78 is 25.0. The van der Waals surface area contributed by atoms with Crippen LogP contribution in [0.1, 0.15) is 25.0 Å². The lowest BCUT2D eigenvalue weighted by Crippen LogP contribution is -2.21. The molecule has 4 N–H and O–H groups in total. The number of nitrogens with one attached hydrogen (secondary N) is 3. The van der Waals surface area contributed by atoms with Gasteiger partial charge in [0, 0.05) is 28.4 Å². The van der Waals surface area contributed by atoms with Crippen molar-refractivity contribution in [1.82, 2.24) is 9.97 Å². The van der Waals surface area contributed by atoms with Crippen LogP contribution in [-0.4, -0.2) is 44.8 Å². The van der Waals surface area contributed by atoms with Crippen molar-refractivity contribution in [2.24, 2.45) is 0 Å². The van der Waals surface area contributed by atoms with Crippen LogP contribution in [0.2, 0.25) is 0 Å². The van der Waals surface area contributed by atoms with Gasteiger partial charge in [0.2, 0.25) is 5.95 Å². The van der Waals surface area contributed by atoms with Crippen molar-refractivity contribution in [2.45, 2.75) is 24.8 Å². The summed E-state index contributed by atoms with van der Waals surface area (Å²) in [7, 11) is -2.77. The second-order valence-corrected chi connectivity index (χ2v) is 9.54. The van der Waals surface area contributed by atoms with Gasteiger partial charge in [0.05, 0.1) is 34.7 Å². The molecule has 0 aliphatic rings. The third kappa shape index (κ3) is 6.94. The first-order valence-electron chi connectivity index (χ1n) is 10.4. The Morgan fingerprint density at radius 3 is 2.45 bits per heavy atom. The zero-order chi connectivity index (χ0) is 23.8. The van der Waals surface area contributed by atoms with E-state index in [-0.39, 0.29) is 12.6 Å². The Bertz CT molecular complexity index is 1250. The number of anilines is 3. The minimum absolute atomic E-state index is 0.0661. The third-order valence-electron chi connectivity index (χ3n) is 4.51. The minimum atomic E-state index is -2.77. The van der Waals surface area contributed by atoms with E-state index in [0.717, 1.165) is 11.3 Å². The third-order valence-corrected chi connectivity index (χ3v) is 5.68. The maximum atomic E-state index is 11.9. The number of nitrogens with zero attached hydrogens (tertiary/aromatic N) is 2. The molecule has 0 amide bonds. The van der Waals surface area contributed by atoms with Crippen molar-refractivity contribution in [3.63, 3.8) is 0 Å². The molecule has 33 heavy (non-hydrogen) atoms. The normalized spacial score (nSPS) is 13.2. The predicted molar refractivity (Wildman–Crippen MR) is 131 cm³/mol. The monoisotopic (exact) mass is 465 g/mol. The Hall–Kier alpha value is -3.61. The molecule has 0 radical (unpaired) electrons. The van der Waals surface area contributed by atoms with Crippen LogP contribution in [0.3, 0.4) is 0 Å². The Labute approximate surface area is 194 Å². The maximum Gasteiger partial charge on any atom is 0.229 e. The molecule has 8 nitrogen and oxygen atoms in total. The first-order valence-corrected chi connectivity index (χ1v) is 12.4. The zero-order valence-electron chi connectivity index (χ0n) is 18.8. The molecular weight excluding hydrogens is 438 g/mol. The molecule has 3 rings (SSSR count). The van der Waals surface area contributed by atoms with Crippen LogP contribution in [0, 0.1) is 16.6 Å². The van der Waals surface area contributed by atoms with Crippen molar-refractivity contribution in [3.8, 4) is 17.6 Å². The number of ether oxygens (including phenoxy) is 1. The first-order chi connectivity index (χ1) is 15.8. The molecule has 2 aromatic carbocycles. The fourth-order valence-corrected chi connectivity index (χ4v) is 3.45. The summed E-state index contributed by atoms with van der Waals surface area (Å²) >= 11 is 0. The minimum Gasteiger partial charge on any atom is -0.494 e. The Morgan fingerprint density at radius 1 is 1.15 bits per heavy atom. The number of benzene rings is 2. The average Bonchev–Trinajstić information content (AvgIpc) is 2.79. The van der Waals surface area contributed by atoms with Gasteiger partial charge in [-0.2, -0.15) is 4.98 Å². The molecule has 1 aromatic heterocycles. The van der Waals surface area contributed by atoms with Gasteiger partial charge < -0.3 is 20.5 Å². The van der Waals surface area contributed by atoms with Crippen LogP contribution in [0.25, 0.3) is 0 Å². The first kappa shape index (κ1) is 24.0. The lowest BCUT2D eigenvalue weighted by molar-refractivity contribution is 0.281. The van der Waals surface area contributed by atoms with Crippen LogP contribution < -0.4 is 15.4 Å². The molecule has 0 aliphatic heterocycles. The topological polar surface area (TPSA) is 120 Å². The molecule has 2 atom stereocenters. The molecule has 1 unspecified atom stereocenters. The largest absolute Gasteiger partial charge is 0.494 e. The van der Waals surface area contributed by atoms with E-state index in [0.29, 0.717) is 34.5 Å². The number of aliphatic hydroxyl groups is 1. The summed E-state index contributed by atoms with van der Waals surface area (Å²) in [5, 5.41) is 15.7. The quantitative estimate of drug-likeness (QED) is 0.373. The number of rotatable bonds is 8. The van der Waals surface area contributed by atoms with Gasteiger partial charge in [-0.15, -0.1) is 0 Å². The summed E-state index contributed by atoms with van der Waals surface area (Å²) in [5.74, 6) is 7.80. The highest BCUT2D eigenvalue weighted by Gasteiger charge is 2.10. The molecule has 3 aromatic rings. The lowest BCUT2D eigenvalue weighted by atomic mass is 10.2. The molecule has 0 fully saturated rings. The van der Waals surface area contributed by atoms with Gasteiger partial charge in [-0.3, -0.25) is 0 Å². The van der Waals surface area contributed by atoms with Crippen LogP contribution >= 0.6 is 0 Å². The van der Waals surface area contributed by atoms with E-state index in [9.17, 15) is 9.32 Å². The summed E-state index contributed by atoms with van der Waals surface area (Å²) in [4.78, 5) is 9.32. The van der Waals surface area contributed by atoms with Crippen LogP contribution in [0.5, 0.6) is 5.75 Å². The maximum absolute atomic E-state index is 11.9. The fourth-order valence-electron chi connectivity index (χ4n) is 2.79. The smallest absolute Gasteiger partial charge is 0.229 e. The Kier molecular flexibility index (Phi) is 7.87.